The maximum atomic E-state index is 2.28. The molecule has 0 radical (unpaired) electrons. The topological polar surface area (TPSA) is 0 Å². The van der Waals surface area contributed by atoms with Gasteiger partial charge in [-0.1, -0.05) is 18.2 Å². The number of thioether (sulfide) groups is 1. The Kier molecular flexibility index (Phi) is 1.91. The summed E-state index contributed by atoms with van der Waals surface area (Å²) in [5, 5.41) is 0. The Morgan fingerprint density at radius 1 is 1.55 bits per heavy atom. The SMILES string of the molecule is C/C=C1\CSC2=C1CCC=C2. The second-order valence-electron chi connectivity index (χ2n) is 2.89. The molecule has 1 heteroatoms. The summed E-state index contributed by atoms with van der Waals surface area (Å²) in [6, 6.07) is 0. The predicted octanol–water partition coefficient (Wildman–Crippen LogP) is 3.28. The molecule has 0 bridgehead atoms. The molecule has 2 rings (SSSR count). The lowest BCUT2D eigenvalue weighted by atomic mass is 9.98. The summed E-state index contributed by atoms with van der Waals surface area (Å²) < 4.78 is 0. The maximum absolute atomic E-state index is 2.28. The van der Waals surface area contributed by atoms with Crippen LogP contribution in [0.25, 0.3) is 0 Å². The van der Waals surface area contributed by atoms with Crippen LogP contribution in [0.1, 0.15) is 19.8 Å². The van der Waals surface area contributed by atoms with Crippen LogP contribution in [0.2, 0.25) is 0 Å². The molecule has 2 aliphatic rings. The van der Waals surface area contributed by atoms with E-state index >= 15 is 0 Å². The summed E-state index contributed by atoms with van der Waals surface area (Å²) >= 11 is 1.98. The van der Waals surface area contributed by atoms with Crippen LogP contribution in [0.5, 0.6) is 0 Å². The van der Waals surface area contributed by atoms with Gasteiger partial charge in [0.1, 0.15) is 0 Å². The largest absolute Gasteiger partial charge is 0.121 e. The van der Waals surface area contributed by atoms with Crippen LogP contribution in [0.15, 0.2) is 34.3 Å². The Labute approximate surface area is 72.1 Å². The van der Waals surface area contributed by atoms with Crippen LogP contribution in [-0.2, 0) is 0 Å². The fourth-order valence-corrected chi connectivity index (χ4v) is 2.85. The first-order valence-electron chi connectivity index (χ1n) is 4.10. The van der Waals surface area contributed by atoms with E-state index in [1.807, 2.05) is 11.8 Å². The van der Waals surface area contributed by atoms with E-state index in [1.165, 1.54) is 23.5 Å². The quantitative estimate of drug-likeness (QED) is 0.529. The van der Waals surface area contributed by atoms with Crippen molar-refractivity contribution in [3.05, 3.63) is 34.3 Å². The Morgan fingerprint density at radius 2 is 2.45 bits per heavy atom. The van der Waals surface area contributed by atoms with Crippen molar-refractivity contribution in [2.45, 2.75) is 19.8 Å². The lowest BCUT2D eigenvalue weighted by Crippen LogP contribution is -1.89. The number of rotatable bonds is 0. The minimum atomic E-state index is 1.20. The number of allylic oxidation sites excluding steroid dienone is 4. The zero-order chi connectivity index (χ0) is 7.68. The molecule has 0 saturated carbocycles. The molecule has 11 heavy (non-hydrogen) atoms. The van der Waals surface area contributed by atoms with Crippen molar-refractivity contribution < 1.29 is 0 Å². The fraction of sp³-hybridized carbons (Fsp3) is 0.400. The molecule has 58 valence electrons. The number of hydrogen-bond donors (Lipinski definition) is 0. The second-order valence-corrected chi connectivity index (χ2v) is 3.90. The first-order chi connectivity index (χ1) is 5.42. The lowest BCUT2D eigenvalue weighted by molar-refractivity contribution is 0.971. The third kappa shape index (κ3) is 1.18. The molecule has 0 nitrogen and oxygen atoms in total. The molecule has 1 aliphatic carbocycles. The summed E-state index contributed by atoms with van der Waals surface area (Å²) in [4.78, 5) is 1.52. The predicted molar refractivity (Wildman–Crippen MR) is 51.6 cm³/mol. The standard InChI is InChI=1S/C10H12S/c1-2-8-7-11-10-6-4-3-5-9(8)10/h2,4,6H,3,5,7H2,1H3/b8-2+. The van der Waals surface area contributed by atoms with Gasteiger partial charge in [0.05, 0.1) is 0 Å². The van der Waals surface area contributed by atoms with Gasteiger partial charge in [-0.05, 0) is 30.9 Å². The smallest absolute Gasteiger partial charge is 0.0231 e. The Hall–Kier alpha value is -0.430. The average Bonchev–Trinajstić information content (AvgIpc) is 2.47. The second kappa shape index (κ2) is 2.90. The van der Waals surface area contributed by atoms with E-state index in [0.29, 0.717) is 0 Å². The monoisotopic (exact) mass is 164 g/mol. The van der Waals surface area contributed by atoms with Crippen molar-refractivity contribution in [1.29, 1.82) is 0 Å². The fourth-order valence-electron chi connectivity index (χ4n) is 1.60. The molecule has 1 aliphatic heterocycles. The van der Waals surface area contributed by atoms with Gasteiger partial charge in [0.2, 0.25) is 0 Å². The van der Waals surface area contributed by atoms with Gasteiger partial charge in [-0.25, -0.2) is 0 Å². The molecule has 0 fully saturated rings. The highest BCUT2D eigenvalue weighted by molar-refractivity contribution is 8.03. The van der Waals surface area contributed by atoms with Crippen LogP contribution in [-0.4, -0.2) is 5.75 Å². The van der Waals surface area contributed by atoms with Gasteiger partial charge in [0, 0.05) is 10.7 Å². The summed E-state index contributed by atoms with van der Waals surface area (Å²) in [7, 11) is 0. The Balaban J connectivity index is 2.36. The molecule has 0 amide bonds. The van der Waals surface area contributed by atoms with Gasteiger partial charge in [0.15, 0.2) is 0 Å². The highest BCUT2D eigenvalue weighted by Gasteiger charge is 2.18. The van der Waals surface area contributed by atoms with Crippen LogP contribution in [0.3, 0.4) is 0 Å². The lowest BCUT2D eigenvalue weighted by Gasteiger charge is -2.07. The summed E-state index contributed by atoms with van der Waals surface area (Å²) in [5.74, 6) is 1.20. The first kappa shape index (κ1) is 7.23. The molecule has 0 saturated heterocycles. The van der Waals surface area contributed by atoms with Crippen molar-refractivity contribution in [3.63, 3.8) is 0 Å². The Morgan fingerprint density at radius 3 is 3.27 bits per heavy atom. The minimum Gasteiger partial charge on any atom is -0.121 e. The average molecular weight is 164 g/mol. The third-order valence-electron chi connectivity index (χ3n) is 2.25. The van der Waals surface area contributed by atoms with Crippen molar-refractivity contribution in [3.8, 4) is 0 Å². The normalized spacial score (nSPS) is 26.5. The van der Waals surface area contributed by atoms with Crippen LogP contribution in [0, 0.1) is 0 Å². The van der Waals surface area contributed by atoms with Crippen molar-refractivity contribution in [2.24, 2.45) is 0 Å². The maximum Gasteiger partial charge on any atom is 0.0231 e. The van der Waals surface area contributed by atoms with Crippen molar-refractivity contribution >= 4 is 11.8 Å². The van der Waals surface area contributed by atoms with Crippen LogP contribution < -0.4 is 0 Å². The molecule has 0 unspecified atom stereocenters. The number of hydrogen-bond acceptors (Lipinski definition) is 1. The summed E-state index contributed by atoms with van der Waals surface area (Å²) in [5.41, 5.74) is 3.18. The van der Waals surface area contributed by atoms with E-state index in [0.717, 1.165) is 0 Å². The highest BCUT2D eigenvalue weighted by atomic mass is 32.2. The molecule has 0 N–H and O–H groups in total. The summed E-state index contributed by atoms with van der Waals surface area (Å²) in [6.07, 6.45) is 9.31. The van der Waals surface area contributed by atoms with Gasteiger partial charge < -0.3 is 0 Å². The molecular formula is C10H12S. The molecule has 0 aromatic rings. The Bertz CT molecular complexity index is 256. The molecular weight excluding hydrogens is 152 g/mol. The molecule has 0 aromatic carbocycles. The molecule has 0 spiro atoms. The van der Waals surface area contributed by atoms with E-state index in [9.17, 15) is 0 Å². The van der Waals surface area contributed by atoms with E-state index in [4.69, 9.17) is 0 Å². The van der Waals surface area contributed by atoms with Crippen molar-refractivity contribution in [2.75, 3.05) is 5.75 Å². The van der Waals surface area contributed by atoms with Gasteiger partial charge >= 0.3 is 0 Å². The van der Waals surface area contributed by atoms with Gasteiger partial charge in [-0.3, -0.25) is 0 Å². The summed E-state index contributed by atoms with van der Waals surface area (Å²) in [6.45, 7) is 2.14. The third-order valence-corrected chi connectivity index (χ3v) is 3.40. The zero-order valence-electron chi connectivity index (χ0n) is 6.76. The van der Waals surface area contributed by atoms with Crippen LogP contribution in [0.4, 0.5) is 0 Å². The van der Waals surface area contributed by atoms with Gasteiger partial charge in [-0.2, -0.15) is 0 Å². The molecule has 0 aromatic heterocycles. The van der Waals surface area contributed by atoms with Gasteiger partial charge in [0.25, 0.3) is 0 Å². The first-order valence-corrected chi connectivity index (χ1v) is 5.08. The minimum absolute atomic E-state index is 1.20. The van der Waals surface area contributed by atoms with E-state index in [1.54, 1.807) is 11.1 Å². The molecule has 1 heterocycles. The molecule has 0 atom stereocenters. The van der Waals surface area contributed by atoms with Crippen LogP contribution >= 0.6 is 11.8 Å². The zero-order valence-corrected chi connectivity index (χ0v) is 7.58. The van der Waals surface area contributed by atoms with Crippen molar-refractivity contribution in [1.82, 2.24) is 0 Å². The highest BCUT2D eigenvalue weighted by Crippen LogP contribution is 2.40. The van der Waals surface area contributed by atoms with E-state index in [-0.39, 0.29) is 0 Å². The van der Waals surface area contributed by atoms with Gasteiger partial charge in [-0.15, -0.1) is 11.8 Å². The van der Waals surface area contributed by atoms with E-state index < -0.39 is 0 Å². The van der Waals surface area contributed by atoms with E-state index in [2.05, 4.69) is 25.2 Å².